The van der Waals surface area contributed by atoms with Crippen molar-refractivity contribution >= 4 is 0 Å². The van der Waals surface area contributed by atoms with Crippen molar-refractivity contribution in [2.24, 2.45) is 22.7 Å². The van der Waals surface area contributed by atoms with E-state index in [2.05, 4.69) is 39.8 Å². The summed E-state index contributed by atoms with van der Waals surface area (Å²) in [7, 11) is 1.75. The van der Waals surface area contributed by atoms with E-state index in [0.29, 0.717) is 16.7 Å². The summed E-state index contributed by atoms with van der Waals surface area (Å²) in [6.45, 7) is 9.84. The average molecular weight is 328 g/mol. The van der Waals surface area contributed by atoms with E-state index < -0.39 is 0 Å². The molecule has 3 aliphatic rings. The van der Waals surface area contributed by atoms with Gasteiger partial charge in [-0.2, -0.15) is 0 Å². The highest BCUT2D eigenvalue weighted by molar-refractivity contribution is 5.43. The van der Waals surface area contributed by atoms with Crippen LogP contribution in [-0.2, 0) is 6.42 Å². The topological polar surface area (TPSA) is 18.5 Å². The van der Waals surface area contributed by atoms with Crippen LogP contribution in [0.25, 0.3) is 0 Å². The summed E-state index contributed by atoms with van der Waals surface area (Å²) in [5.41, 5.74) is 2.25. The van der Waals surface area contributed by atoms with Gasteiger partial charge >= 0.3 is 0 Å². The van der Waals surface area contributed by atoms with Crippen molar-refractivity contribution in [2.75, 3.05) is 7.11 Å². The first-order valence-electron chi connectivity index (χ1n) is 9.62. The van der Waals surface area contributed by atoms with Crippen LogP contribution < -0.4 is 9.47 Å². The fraction of sp³-hybridized carbons (Fsp3) is 0.727. The van der Waals surface area contributed by atoms with Gasteiger partial charge in [0.05, 0.1) is 7.11 Å². The molecule has 0 bridgehead atoms. The Hall–Kier alpha value is -1.18. The Balaban J connectivity index is 1.71. The molecule has 24 heavy (non-hydrogen) atoms. The van der Waals surface area contributed by atoms with Gasteiger partial charge in [-0.05, 0) is 86.0 Å². The maximum Gasteiger partial charge on any atom is 0.123 e. The summed E-state index contributed by atoms with van der Waals surface area (Å²) >= 11 is 0. The minimum atomic E-state index is -0.00563. The SMILES string of the molecule is COc1ccc2c(c1)C[C@H]1[C@]3(C)CCC(C)(C)C[C@@H]3CC[C@@]1(C)O2. The largest absolute Gasteiger partial charge is 0.497 e. The van der Waals surface area contributed by atoms with E-state index in [1.165, 1.54) is 37.7 Å². The van der Waals surface area contributed by atoms with E-state index in [1.54, 1.807) is 7.11 Å². The van der Waals surface area contributed by atoms with Crippen molar-refractivity contribution in [1.82, 2.24) is 0 Å². The first-order chi connectivity index (χ1) is 11.3. The van der Waals surface area contributed by atoms with Crippen molar-refractivity contribution in [3.8, 4) is 11.5 Å². The van der Waals surface area contributed by atoms with Crippen LogP contribution in [0.15, 0.2) is 18.2 Å². The third kappa shape index (κ3) is 2.36. The number of rotatable bonds is 1. The smallest absolute Gasteiger partial charge is 0.123 e. The number of methoxy groups -OCH3 is 1. The van der Waals surface area contributed by atoms with Crippen LogP contribution in [0.5, 0.6) is 11.5 Å². The molecule has 0 N–H and O–H groups in total. The highest BCUT2D eigenvalue weighted by Crippen LogP contribution is 2.62. The van der Waals surface area contributed by atoms with Crippen LogP contribution in [0.4, 0.5) is 0 Å². The van der Waals surface area contributed by atoms with Gasteiger partial charge < -0.3 is 9.47 Å². The van der Waals surface area contributed by atoms with E-state index >= 15 is 0 Å². The summed E-state index contributed by atoms with van der Waals surface area (Å²) in [5.74, 6) is 3.48. The second kappa shape index (κ2) is 5.16. The molecule has 2 aliphatic carbocycles. The van der Waals surface area contributed by atoms with Gasteiger partial charge in [0.15, 0.2) is 0 Å². The Morgan fingerprint density at radius 2 is 1.88 bits per heavy atom. The first-order valence-corrected chi connectivity index (χ1v) is 9.62. The van der Waals surface area contributed by atoms with Crippen LogP contribution in [0.3, 0.4) is 0 Å². The van der Waals surface area contributed by atoms with Gasteiger partial charge in [0.1, 0.15) is 17.1 Å². The standard InChI is InChI=1S/C22H32O2/c1-20(2)10-11-21(3)16(14-20)8-9-22(4)19(21)13-15-12-17(23-5)6-7-18(15)24-22/h6-7,12,16,19H,8-11,13-14H2,1-5H3/t16-,19-,21+,22+/m0/s1. The summed E-state index contributed by atoms with van der Waals surface area (Å²) < 4.78 is 12.1. The van der Waals surface area contributed by atoms with Gasteiger partial charge in [0.2, 0.25) is 0 Å². The van der Waals surface area contributed by atoms with Gasteiger partial charge in [0, 0.05) is 5.92 Å². The second-order valence-corrected chi connectivity index (χ2v) is 9.75. The maximum absolute atomic E-state index is 6.63. The predicted octanol–water partition coefficient (Wildman–Crippen LogP) is 5.63. The molecule has 0 saturated heterocycles. The molecule has 0 aromatic heterocycles. The van der Waals surface area contributed by atoms with Crippen LogP contribution >= 0.6 is 0 Å². The molecule has 1 aromatic rings. The molecular weight excluding hydrogens is 296 g/mol. The normalized spacial score (nSPS) is 39.9. The lowest BCUT2D eigenvalue weighted by molar-refractivity contribution is -0.145. The summed E-state index contributed by atoms with van der Waals surface area (Å²) in [6.07, 6.45) is 7.71. The number of benzene rings is 1. The van der Waals surface area contributed by atoms with Crippen molar-refractivity contribution < 1.29 is 9.47 Å². The zero-order valence-corrected chi connectivity index (χ0v) is 15.9. The predicted molar refractivity (Wildman–Crippen MR) is 97.7 cm³/mol. The average Bonchev–Trinajstić information content (AvgIpc) is 2.54. The van der Waals surface area contributed by atoms with Gasteiger partial charge in [-0.1, -0.05) is 20.8 Å². The zero-order chi connectivity index (χ0) is 17.2. The molecule has 1 heterocycles. The lowest BCUT2D eigenvalue weighted by Crippen LogP contribution is -2.59. The number of hydrogen-bond donors (Lipinski definition) is 0. The summed E-state index contributed by atoms with van der Waals surface area (Å²) in [6, 6.07) is 6.32. The highest BCUT2D eigenvalue weighted by Gasteiger charge is 2.58. The van der Waals surface area contributed by atoms with E-state index in [4.69, 9.17) is 9.47 Å². The third-order valence-corrected chi connectivity index (χ3v) is 7.63. The minimum Gasteiger partial charge on any atom is -0.497 e. The van der Waals surface area contributed by atoms with E-state index in [9.17, 15) is 0 Å². The zero-order valence-electron chi connectivity index (χ0n) is 15.9. The molecule has 0 amide bonds. The molecule has 2 nitrogen and oxygen atoms in total. The number of fused-ring (bicyclic) bond motifs is 4. The van der Waals surface area contributed by atoms with E-state index in [1.807, 2.05) is 6.07 Å². The van der Waals surface area contributed by atoms with Crippen molar-refractivity contribution in [3.05, 3.63) is 23.8 Å². The van der Waals surface area contributed by atoms with Crippen molar-refractivity contribution in [1.29, 1.82) is 0 Å². The molecule has 4 rings (SSSR count). The third-order valence-electron chi connectivity index (χ3n) is 7.63. The Morgan fingerprint density at radius 1 is 1.08 bits per heavy atom. The van der Waals surface area contributed by atoms with E-state index in [0.717, 1.165) is 23.8 Å². The van der Waals surface area contributed by atoms with E-state index in [-0.39, 0.29) is 5.60 Å². The Morgan fingerprint density at radius 3 is 2.62 bits per heavy atom. The Bertz CT molecular complexity index is 649. The number of ether oxygens (including phenoxy) is 2. The van der Waals surface area contributed by atoms with Crippen LogP contribution in [-0.4, -0.2) is 12.7 Å². The highest BCUT2D eigenvalue weighted by atomic mass is 16.5. The molecule has 0 unspecified atom stereocenters. The van der Waals surface area contributed by atoms with Crippen LogP contribution in [0, 0.1) is 22.7 Å². The van der Waals surface area contributed by atoms with Gasteiger partial charge in [0.25, 0.3) is 0 Å². The van der Waals surface area contributed by atoms with Crippen LogP contribution in [0.1, 0.15) is 65.4 Å². The quantitative estimate of drug-likeness (QED) is 0.665. The van der Waals surface area contributed by atoms with Crippen LogP contribution in [0.2, 0.25) is 0 Å². The lowest BCUT2D eigenvalue weighted by atomic mass is 9.47. The molecule has 0 spiro atoms. The second-order valence-electron chi connectivity index (χ2n) is 9.75. The molecule has 1 aromatic carbocycles. The van der Waals surface area contributed by atoms with Gasteiger partial charge in [-0.3, -0.25) is 0 Å². The van der Waals surface area contributed by atoms with Crippen molar-refractivity contribution in [2.45, 2.75) is 71.8 Å². The Kier molecular flexibility index (Phi) is 3.50. The number of hydrogen-bond acceptors (Lipinski definition) is 2. The summed E-state index contributed by atoms with van der Waals surface area (Å²) in [4.78, 5) is 0. The fourth-order valence-corrected chi connectivity index (χ4v) is 6.02. The Labute approximate surface area is 146 Å². The monoisotopic (exact) mass is 328 g/mol. The molecule has 2 saturated carbocycles. The molecule has 4 atom stereocenters. The molecule has 1 aliphatic heterocycles. The molecule has 2 fully saturated rings. The van der Waals surface area contributed by atoms with Gasteiger partial charge in [-0.25, -0.2) is 0 Å². The first kappa shape index (κ1) is 16.3. The summed E-state index contributed by atoms with van der Waals surface area (Å²) in [5, 5.41) is 0. The fourth-order valence-electron chi connectivity index (χ4n) is 6.02. The lowest BCUT2D eigenvalue weighted by Gasteiger charge is -2.61. The van der Waals surface area contributed by atoms with Gasteiger partial charge in [-0.15, -0.1) is 0 Å². The molecular formula is C22H32O2. The molecule has 0 radical (unpaired) electrons. The molecule has 132 valence electrons. The maximum atomic E-state index is 6.63. The van der Waals surface area contributed by atoms with Crippen molar-refractivity contribution in [3.63, 3.8) is 0 Å². The molecule has 2 heteroatoms. The minimum absolute atomic E-state index is 0.00563.